The third-order valence-corrected chi connectivity index (χ3v) is 2.58. The van der Waals surface area contributed by atoms with Gasteiger partial charge in [-0.15, -0.1) is 11.6 Å². The van der Waals surface area contributed by atoms with E-state index in [1.807, 2.05) is 6.07 Å². The molecule has 0 aliphatic carbocycles. The zero-order valence-electron chi connectivity index (χ0n) is 9.95. The number of alkyl halides is 3. The van der Waals surface area contributed by atoms with Crippen molar-refractivity contribution in [2.45, 2.75) is 18.9 Å². The highest BCUT2D eigenvalue weighted by Crippen LogP contribution is 2.28. The Balaban J connectivity index is 3.22. The Morgan fingerprint density at radius 3 is 2.68 bits per heavy atom. The normalized spacial score (nSPS) is 10.1. The summed E-state index contributed by atoms with van der Waals surface area (Å²) in [6.45, 7) is -3.04. The van der Waals surface area contributed by atoms with Crippen molar-refractivity contribution < 1.29 is 23.0 Å². The third kappa shape index (κ3) is 4.07. The lowest BCUT2D eigenvalue weighted by Crippen LogP contribution is -2.09. The van der Waals surface area contributed by atoms with Gasteiger partial charge in [-0.1, -0.05) is 0 Å². The van der Waals surface area contributed by atoms with Gasteiger partial charge in [-0.3, -0.25) is 4.79 Å². The average molecular weight is 290 g/mol. The summed E-state index contributed by atoms with van der Waals surface area (Å²) in [5.74, 6) is -0.905. The summed E-state index contributed by atoms with van der Waals surface area (Å²) < 4.78 is 33.4. The lowest BCUT2D eigenvalue weighted by atomic mass is 10.0. The molecule has 102 valence electrons. The second-order valence-corrected chi connectivity index (χ2v) is 3.76. The van der Waals surface area contributed by atoms with Crippen molar-refractivity contribution in [1.29, 1.82) is 5.26 Å². The maximum Gasteiger partial charge on any atom is 0.387 e. The highest BCUT2D eigenvalue weighted by Gasteiger charge is 2.16. The fourth-order valence-corrected chi connectivity index (χ4v) is 1.76. The second kappa shape index (κ2) is 6.90. The Hall–Kier alpha value is -1.87. The number of hydrogen-bond acceptors (Lipinski definition) is 4. The number of esters is 1. The number of nitrogens with zero attached hydrogens (tertiary/aromatic N) is 1. The average Bonchev–Trinajstić information content (AvgIpc) is 2.37. The van der Waals surface area contributed by atoms with Gasteiger partial charge >= 0.3 is 12.6 Å². The maximum absolute atomic E-state index is 12.3. The fraction of sp³-hybridized carbons (Fsp3) is 0.333. The van der Waals surface area contributed by atoms with Gasteiger partial charge in [0.05, 0.1) is 31.0 Å². The van der Waals surface area contributed by atoms with Crippen molar-refractivity contribution in [2.24, 2.45) is 0 Å². The summed E-state index contributed by atoms with van der Waals surface area (Å²) >= 11 is 5.62. The van der Waals surface area contributed by atoms with Crippen LogP contribution < -0.4 is 4.74 Å². The number of ether oxygens (including phenoxy) is 2. The minimum Gasteiger partial charge on any atom is -0.469 e. The number of methoxy groups -OCH3 is 1. The van der Waals surface area contributed by atoms with Gasteiger partial charge in [0.1, 0.15) is 5.75 Å². The first-order chi connectivity index (χ1) is 9.01. The summed E-state index contributed by atoms with van der Waals surface area (Å²) in [5.41, 5.74) is 0.595. The largest absolute Gasteiger partial charge is 0.469 e. The first-order valence-corrected chi connectivity index (χ1v) is 5.68. The summed E-state index contributed by atoms with van der Waals surface area (Å²) in [5, 5.41) is 8.96. The Kier molecular flexibility index (Phi) is 5.52. The number of halogens is 3. The molecule has 0 N–H and O–H groups in total. The van der Waals surface area contributed by atoms with Gasteiger partial charge in [0, 0.05) is 5.56 Å². The summed E-state index contributed by atoms with van der Waals surface area (Å²) in [7, 11) is 1.21. The van der Waals surface area contributed by atoms with E-state index in [0.717, 1.165) is 0 Å². The van der Waals surface area contributed by atoms with E-state index in [2.05, 4.69) is 9.47 Å². The molecule has 0 aliphatic heterocycles. The van der Waals surface area contributed by atoms with Gasteiger partial charge in [-0.25, -0.2) is 0 Å². The Morgan fingerprint density at radius 1 is 1.53 bits per heavy atom. The zero-order valence-corrected chi connectivity index (χ0v) is 10.7. The Bertz CT molecular complexity index is 514. The summed E-state index contributed by atoms with van der Waals surface area (Å²) in [6, 6.07) is 4.48. The third-order valence-electron chi connectivity index (χ3n) is 2.32. The molecule has 1 rings (SSSR count). The lowest BCUT2D eigenvalue weighted by Gasteiger charge is -2.12. The van der Waals surface area contributed by atoms with Crippen molar-refractivity contribution in [3.63, 3.8) is 0 Å². The fourth-order valence-electron chi connectivity index (χ4n) is 1.48. The molecule has 0 bridgehead atoms. The first kappa shape index (κ1) is 15.2. The molecule has 19 heavy (non-hydrogen) atoms. The van der Waals surface area contributed by atoms with Crippen molar-refractivity contribution in [2.75, 3.05) is 7.11 Å². The number of benzene rings is 1. The van der Waals surface area contributed by atoms with Crippen LogP contribution in [0.5, 0.6) is 5.75 Å². The van der Waals surface area contributed by atoms with Gasteiger partial charge < -0.3 is 9.47 Å². The molecule has 7 heteroatoms. The molecule has 0 atom stereocenters. The molecule has 1 aromatic carbocycles. The molecule has 0 aromatic heterocycles. The predicted octanol–water partition coefficient (Wildman–Crippen LogP) is 2.61. The van der Waals surface area contributed by atoms with Gasteiger partial charge in [0.15, 0.2) is 0 Å². The monoisotopic (exact) mass is 289 g/mol. The number of carbonyl (C=O) groups is 1. The van der Waals surface area contributed by atoms with E-state index in [-0.39, 0.29) is 29.2 Å². The molecule has 0 saturated carbocycles. The minimum atomic E-state index is -3.04. The van der Waals surface area contributed by atoms with Gasteiger partial charge in [-0.2, -0.15) is 14.0 Å². The Labute approximate surface area is 113 Å². The van der Waals surface area contributed by atoms with Crippen LogP contribution in [0.15, 0.2) is 12.1 Å². The van der Waals surface area contributed by atoms with Crippen molar-refractivity contribution in [3.8, 4) is 11.8 Å². The molecule has 0 radical (unpaired) electrons. The first-order valence-electron chi connectivity index (χ1n) is 5.15. The van der Waals surface area contributed by atoms with E-state index < -0.39 is 12.6 Å². The highest BCUT2D eigenvalue weighted by molar-refractivity contribution is 6.17. The van der Waals surface area contributed by atoms with Crippen LogP contribution in [0.2, 0.25) is 0 Å². The van der Waals surface area contributed by atoms with Crippen LogP contribution in [0.3, 0.4) is 0 Å². The standard InChI is InChI=1S/C12H10ClF2NO3/c1-18-11(17)4-7-2-8(6-16)9(5-13)10(3-7)19-12(14)15/h2-3,12H,4-5H2,1H3. The topological polar surface area (TPSA) is 59.3 Å². The molecule has 0 aliphatic rings. The molecule has 0 heterocycles. The van der Waals surface area contributed by atoms with E-state index in [1.165, 1.54) is 19.2 Å². The summed E-state index contributed by atoms with van der Waals surface area (Å²) in [6.07, 6.45) is -0.145. The van der Waals surface area contributed by atoms with Crippen LogP contribution in [0.1, 0.15) is 16.7 Å². The van der Waals surface area contributed by atoms with E-state index in [1.54, 1.807) is 0 Å². The van der Waals surface area contributed by atoms with Crippen LogP contribution in [-0.4, -0.2) is 19.7 Å². The van der Waals surface area contributed by atoms with Crippen LogP contribution in [0.25, 0.3) is 0 Å². The van der Waals surface area contributed by atoms with Crippen LogP contribution in [0, 0.1) is 11.3 Å². The van der Waals surface area contributed by atoms with E-state index >= 15 is 0 Å². The van der Waals surface area contributed by atoms with E-state index in [0.29, 0.717) is 5.56 Å². The number of carbonyl (C=O) groups excluding carboxylic acids is 1. The van der Waals surface area contributed by atoms with Gasteiger partial charge in [0.25, 0.3) is 0 Å². The molecule has 0 amide bonds. The van der Waals surface area contributed by atoms with Crippen molar-refractivity contribution >= 4 is 17.6 Å². The predicted molar refractivity (Wildman–Crippen MR) is 63.1 cm³/mol. The quantitative estimate of drug-likeness (QED) is 0.617. The smallest absolute Gasteiger partial charge is 0.387 e. The number of hydrogen-bond donors (Lipinski definition) is 0. The minimum absolute atomic E-state index is 0.0899. The van der Waals surface area contributed by atoms with Crippen LogP contribution in [0.4, 0.5) is 8.78 Å². The van der Waals surface area contributed by atoms with E-state index in [4.69, 9.17) is 16.9 Å². The maximum atomic E-state index is 12.3. The molecule has 4 nitrogen and oxygen atoms in total. The van der Waals surface area contributed by atoms with Crippen LogP contribution >= 0.6 is 11.6 Å². The van der Waals surface area contributed by atoms with Gasteiger partial charge in [-0.05, 0) is 17.7 Å². The molecule has 0 unspecified atom stereocenters. The van der Waals surface area contributed by atoms with Crippen molar-refractivity contribution in [3.05, 3.63) is 28.8 Å². The Morgan fingerprint density at radius 2 is 2.21 bits per heavy atom. The molecule has 0 spiro atoms. The molecular formula is C12H10ClF2NO3. The number of nitriles is 1. The van der Waals surface area contributed by atoms with Crippen LogP contribution in [-0.2, 0) is 21.8 Å². The SMILES string of the molecule is COC(=O)Cc1cc(C#N)c(CCl)c(OC(F)F)c1. The second-order valence-electron chi connectivity index (χ2n) is 3.50. The van der Waals surface area contributed by atoms with Crippen molar-refractivity contribution in [1.82, 2.24) is 0 Å². The highest BCUT2D eigenvalue weighted by atomic mass is 35.5. The van der Waals surface area contributed by atoms with Gasteiger partial charge in [0.2, 0.25) is 0 Å². The molecule has 0 fully saturated rings. The summed E-state index contributed by atoms with van der Waals surface area (Å²) in [4.78, 5) is 11.1. The molecular weight excluding hydrogens is 280 g/mol. The molecule has 1 aromatic rings. The molecule has 0 saturated heterocycles. The lowest BCUT2D eigenvalue weighted by molar-refractivity contribution is -0.139. The zero-order chi connectivity index (χ0) is 14.4. The van der Waals surface area contributed by atoms with E-state index in [9.17, 15) is 13.6 Å². The number of rotatable bonds is 5.